The quantitative estimate of drug-likeness (QED) is 0.375. The van der Waals surface area contributed by atoms with Crippen LogP contribution in [0.5, 0.6) is 0 Å². The van der Waals surface area contributed by atoms with Gasteiger partial charge in [0.1, 0.15) is 11.5 Å². The van der Waals surface area contributed by atoms with Crippen molar-refractivity contribution in [3.63, 3.8) is 0 Å². The van der Waals surface area contributed by atoms with E-state index in [2.05, 4.69) is 10.3 Å². The normalized spacial score (nSPS) is 13.0. The summed E-state index contributed by atoms with van der Waals surface area (Å²) in [6, 6.07) is 7.49. The van der Waals surface area contributed by atoms with E-state index in [1.807, 2.05) is 24.3 Å². The maximum atomic E-state index is 12.6. The average molecular weight is 562 g/mol. The number of hydrogen-bond donors (Lipinski definition) is 1. The fraction of sp³-hybridized carbons (Fsp3) is 0.400. The highest BCUT2D eigenvalue weighted by Crippen LogP contribution is 2.39. The molecule has 4 rings (SSSR count). The van der Waals surface area contributed by atoms with Crippen LogP contribution in [0.4, 0.5) is 5.00 Å². The van der Waals surface area contributed by atoms with E-state index in [1.54, 1.807) is 18.4 Å². The van der Waals surface area contributed by atoms with E-state index in [4.69, 9.17) is 9.47 Å². The zero-order chi connectivity index (χ0) is 26.4. The number of carbonyl (C=O) groups is 4. The van der Waals surface area contributed by atoms with Crippen molar-refractivity contribution in [1.82, 2.24) is 4.57 Å². The van der Waals surface area contributed by atoms with Crippen LogP contribution in [0.15, 0.2) is 29.3 Å². The molecule has 0 unspecified atom stereocenters. The Kier molecular flexibility index (Phi) is 9.17. The monoisotopic (exact) mass is 561 g/mol. The molecule has 0 aliphatic heterocycles. The molecule has 2 heterocycles. The molecule has 0 saturated carbocycles. The molecular formula is C25H27N3O6S3. The van der Waals surface area contributed by atoms with Crippen LogP contribution in [0.1, 0.15) is 41.1 Å². The molecule has 12 heteroatoms. The van der Waals surface area contributed by atoms with Crippen molar-refractivity contribution in [2.24, 2.45) is 4.99 Å². The number of ether oxygens (including phenoxy) is 2. The Hall–Kier alpha value is -2.96. The lowest BCUT2D eigenvalue weighted by molar-refractivity contribution is -0.143. The molecule has 2 aromatic heterocycles. The van der Waals surface area contributed by atoms with Gasteiger partial charge in [0, 0.05) is 4.88 Å². The third-order valence-corrected chi connectivity index (χ3v) is 8.70. The summed E-state index contributed by atoms with van der Waals surface area (Å²) in [4.78, 5) is 55.5. The molecule has 9 nitrogen and oxygen atoms in total. The minimum atomic E-state index is -0.418. The fourth-order valence-corrected chi connectivity index (χ4v) is 6.98. The van der Waals surface area contributed by atoms with Gasteiger partial charge in [-0.05, 0) is 50.8 Å². The number of rotatable bonds is 10. The smallest absolute Gasteiger partial charge is 0.341 e. The largest absolute Gasteiger partial charge is 0.465 e. The fourth-order valence-electron chi connectivity index (χ4n) is 4.04. The van der Waals surface area contributed by atoms with E-state index in [9.17, 15) is 19.2 Å². The molecule has 37 heavy (non-hydrogen) atoms. The van der Waals surface area contributed by atoms with Gasteiger partial charge in [0.2, 0.25) is 5.91 Å². The van der Waals surface area contributed by atoms with E-state index in [0.717, 1.165) is 51.7 Å². The van der Waals surface area contributed by atoms with Crippen LogP contribution in [0.25, 0.3) is 10.2 Å². The maximum absolute atomic E-state index is 12.6. The number of thiophene rings is 1. The molecule has 0 fully saturated rings. The van der Waals surface area contributed by atoms with Gasteiger partial charge >= 0.3 is 11.9 Å². The number of amides is 2. The summed E-state index contributed by atoms with van der Waals surface area (Å²) in [6.07, 6.45) is 2.68. The first kappa shape index (κ1) is 27.1. The number of aromatic nitrogens is 1. The van der Waals surface area contributed by atoms with Crippen LogP contribution in [0, 0.1) is 0 Å². The number of carbonyl (C=O) groups excluding carboxylic acids is 4. The molecule has 0 saturated heterocycles. The predicted molar refractivity (Wildman–Crippen MR) is 145 cm³/mol. The number of nitrogens with one attached hydrogen (secondary N) is 1. The van der Waals surface area contributed by atoms with Gasteiger partial charge in [0.05, 0.1) is 40.5 Å². The first-order valence-electron chi connectivity index (χ1n) is 11.9. The topological polar surface area (TPSA) is 116 Å². The molecule has 0 radical (unpaired) electrons. The molecule has 0 spiro atoms. The Morgan fingerprint density at radius 1 is 1.05 bits per heavy atom. The highest BCUT2D eigenvalue weighted by Gasteiger charge is 2.28. The predicted octanol–water partition coefficient (Wildman–Crippen LogP) is 3.79. The van der Waals surface area contributed by atoms with Gasteiger partial charge in [0.25, 0.3) is 5.91 Å². The van der Waals surface area contributed by atoms with Crippen molar-refractivity contribution >= 4 is 73.4 Å². The van der Waals surface area contributed by atoms with Crippen LogP contribution in [0.2, 0.25) is 0 Å². The van der Waals surface area contributed by atoms with E-state index in [0.29, 0.717) is 15.4 Å². The first-order valence-corrected chi connectivity index (χ1v) is 14.7. The van der Waals surface area contributed by atoms with Gasteiger partial charge in [0.15, 0.2) is 4.80 Å². The number of hydrogen-bond acceptors (Lipinski definition) is 9. The number of fused-ring (bicyclic) bond motifs is 2. The minimum Gasteiger partial charge on any atom is -0.465 e. The van der Waals surface area contributed by atoms with Crippen molar-refractivity contribution in [3.05, 3.63) is 45.1 Å². The Balaban J connectivity index is 1.40. The zero-order valence-corrected chi connectivity index (χ0v) is 23.0. The number of para-hydroxylation sites is 1. The number of thiazole rings is 1. The minimum absolute atomic E-state index is 0.00720. The van der Waals surface area contributed by atoms with Crippen LogP contribution in [0.3, 0.4) is 0 Å². The zero-order valence-electron chi connectivity index (χ0n) is 20.5. The molecule has 1 aliphatic rings. The summed E-state index contributed by atoms with van der Waals surface area (Å²) in [6.45, 7) is 3.96. The second-order valence-corrected chi connectivity index (χ2v) is 11.2. The highest BCUT2D eigenvalue weighted by molar-refractivity contribution is 8.00. The Morgan fingerprint density at radius 3 is 2.62 bits per heavy atom. The molecule has 0 bridgehead atoms. The van der Waals surface area contributed by atoms with Gasteiger partial charge in [-0.3, -0.25) is 14.4 Å². The van der Waals surface area contributed by atoms with E-state index in [1.165, 1.54) is 22.7 Å². The molecule has 196 valence electrons. The lowest BCUT2D eigenvalue weighted by atomic mass is 10.1. The van der Waals surface area contributed by atoms with Crippen molar-refractivity contribution in [1.29, 1.82) is 0 Å². The first-order chi connectivity index (χ1) is 17.9. The summed E-state index contributed by atoms with van der Waals surface area (Å²) >= 11 is 3.86. The van der Waals surface area contributed by atoms with Gasteiger partial charge < -0.3 is 19.4 Å². The van der Waals surface area contributed by atoms with E-state index in [-0.39, 0.29) is 37.2 Å². The van der Waals surface area contributed by atoms with Crippen molar-refractivity contribution in [2.75, 3.05) is 30.0 Å². The Labute approximate surface area is 225 Å². The number of nitrogens with zero attached hydrogens (tertiary/aromatic N) is 2. The third kappa shape index (κ3) is 6.49. The highest BCUT2D eigenvalue weighted by atomic mass is 32.2. The summed E-state index contributed by atoms with van der Waals surface area (Å²) in [5, 5.41) is 3.33. The van der Waals surface area contributed by atoms with Gasteiger partial charge in [-0.1, -0.05) is 23.5 Å². The second kappa shape index (κ2) is 12.5. The standard InChI is InChI=1S/C25H27N3O6S3/c1-3-33-21(31)12-28-16-9-5-6-10-18(16)37-25(28)27-20(30)14-35-13-19(29)26-23-22(24(32)34-4-2)15-8-7-11-17(15)36-23/h5-6,9-10H,3-4,7-8,11-14H2,1-2H3,(H,26,29). The summed E-state index contributed by atoms with van der Waals surface area (Å²) in [5.41, 5.74) is 2.22. The van der Waals surface area contributed by atoms with Gasteiger partial charge in [-0.15, -0.1) is 23.1 Å². The second-order valence-electron chi connectivity index (χ2n) is 8.07. The Bertz CT molecular complexity index is 1400. The molecule has 1 N–H and O–H groups in total. The van der Waals surface area contributed by atoms with E-state index >= 15 is 0 Å². The number of esters is 2. The van der Waals surface area contributed by atoms with Crippen molar-refractivity contribution in [3.8, 4) is 0 Å². The maximum Gasteiger partial charge on any atom is 0.341 e. The number of anilines is 1. The third-order valence-electron chi connectivity index (χ3n) is 5.51. The van der Waals surface area contributed by atoms with Crippen LogP contribution >= 0.6 is 34.4 Å². The van der Waals surface area contributed by atoms with Crippen LogP contribution in [-0.4, -0.2) is 53.0 Å². The van der Waals surface area contributed by atoms with Crippen molar-refractivity contribution in [2.45, 2.75) is 39.7 Å². The summed E-state index contributed by atoms with van der Waals surface area (Å²) in [5.74, 6) is -1.52. The van der Waals surface area contributed by atoms with Gasteiger partial charge in [-0.2, -0.15) is 4.99 Å². The SMILES string of the molecule is CCOC(=O)Cn1c(=NC(=O)CSCC(=O)Nc2sc3c(c2C(=O)OCC)CCC3)sc2ccccc21. The van der Waals surface area contributed by atoms with Crippen LogP contribution in [-0.2, 0) is 43.2 Å². The van der Waals surface area contributed by atoms with Gasteiger partial charge in [-0.25, -0.2) is 4.79 Å². The molecule has 3 aromatic rings. The molecule has 1 aliphatic carbocycles. The molecule has 1 aromatic carbocycles. The lowest BCUT2D eigenvalue weighted by Gasteiger charge is -2.07. The average Bonchev–Trinajstić information content (AvgIpc) is 3.53. The molecular weight excluding hydrogens is 534 g/mol. The Morgan fingerprint density at radius 2 is 1.84 bits per heavy atom. The van der Waals surface area contributed by atoms with Crippen LogP contribution < -0.4 is 10.1 Å². The molecule has 2 amide bonds. The van der Waals surface area contributed by atoms with Crippen molar-refractivity contribution < 1.29 is 28.7 Å². The number of thioether (sulfide) groups is 1. The summed E-state index contributed by atoms with van der Waals surface area (Å²) in [7, 11) is 0. The van der Waals surface area contributed by atoms with E-state index < -0.39 is 17.8 Å². The summed E-state index contributed by atoms with van der Waals surface area (Å²) < 4.78 is 12.8. The number of aryl methyl sites for hydroxylation is 1. The lowest BCUT2D eigenvalue weighted by Crippen LogP contribution is -2.23. The molecule has 0 atom stereocenters. The number of benzene rings is 1.